The minimum absolute atomic E-state index is 0.183. The van der Waals surface area contributed by atoms with E-state index in [0.29, 0.717) is 49.5 Å². The Bertz CT molecular complexity index is 833. The van der Waals surface area contributed by atoms with Crippen molar-refractivity contribution in [1.82, 2.24) is 19.9 Å². The molecule has 1 saturated heterocycles. The van der Waals surface area contributed by atoms with Gasteiger partial charge < -0.3 is 19.8 Å². The normalized spacial score (nSPS) is 21.9. The molecule has 29 heavy (non-hydrogen) atoms. The van der Waals surface area contributed by atoms with Crippen molar-refractivity contribution in [3.8, 4) is 11.4 Å². The summed E-state index contributed by atoms with van der Waals surface area (Å²) >= 11 is 0. The van der Waals surface area contributed by atoms with Gasteiger partial charge in [-0.2, -0.15) is 0 Å². The predicted molar refractivity (Wildman–Crippen MR) is 107 cm³/mol. The molecule has 0 unspecified atom stereocenters. The maximum Gasteiger partial charge on any atom is 0.257 e. The third-order valence-corrected chi connectivity index (χ3v) is 5.64. The largest absolute Gasteiger partial charge is 0.396 e. The summed E-state index contributed by atoms with van der Waals surface area (Å²) < 4.78 is 5.10. The molecule has 2 aromatic rings. The van der Waals surface area contributed by atoms with Gasteiger partial charge in [0.1, 0.15) is 0 Å². The molecule has 2 aromatic heterocycles. The van der Waals surface area contributed by atoms with Crippen LogP contribution in [-0.4, -0.2) is 75.5 Å². The third kappa shape index (κ3) is 4.60. The van der Waals surface area contributed by atoms with Gasteiger partial charge in [0.15, 0.2) is 5.82 Å². The molecular formula is C21H28N4O4. The van der Waals surface area contributed by atoms with Crippen LogP contribution in [0.3, 0.4) is 0 Å². The van der Waals surface area contributed by atoms with Gasteiger partial charge in [0.05, 0.1) is 24.0 Å². The second-order valence-corrected chi connectivity index (χ2v) is 7.58. The number of nitrogens with zero attached hydrogens (tertiary/aromatic N) is 4. The molecule has 1 aliphatic rings. The highest BCUT2D eigenvalue weighted by molar-refractivity contribution is 5.95. The van der Waals surface area contributed by atoms with Crippen molar-refractivity contribution >= 4 is 5.91 Å². The Hall–Kier alpha value is -2.42. The monoisotopic (exact) mass is 400 g/mol. The zero-order valence-electron chi connectivity index (χ0n) is 16.9. The molecule has 3 heterocycles. The van der Waals surface area contributed by atoms with E-state index in [9.17, 15) is 15.0 Å². The lowest BCUT2D eigenvalue weighted by molar-refractivity contribution is -0.0745. The third-order valence-electron chi connectivity index (χ3n) is 5.64. The summed E-state index contributed by atoms with van der Waals surface area (Å²) in [6.07, 6.45) is 5.96. The van der Waals surface area contributed by atoms with E-state index in [1.807, 2.05) is 12.1 Å². The van der Waals surface area contributed by atoms with E-state index >= 15 is 0 Å². The first-order chi connectivity index (χ1) is 14.0. The quantitative estimate of drug-likeness (QED) is 0.677. The molecule has 3 rings (SSSR count). The molecule has 0 saturated carbocycles. The fourth-order valence-electron chi connectivity index (χ4n) is 3.85. The van der Waals surface area contributed by atoms with Crippen molar-refractivity contribution in [2.24, 2.45) is 5.41 Å². The van der Waals surface area contributed by atoms with Crippen LogP contribution < -0.4 is 0 Å². The molecule has 8 nitrogen and oxygen atoms in total. The number of aromatic nitrogens is 3. The summed E-state index contributed by atoms with van der Waals surface area (Å²) in [7, 11) is 1.62. The van der Waals surface area contributed by atoms with Crippen LogP contribution in [0.25, 0.3) is 11.4 Å². The van der Waals surface area contributed by atoms with Crippen LogP contribution in [0.4, 0.5) is 0 Å². The Labute approximate surface area is 170 Å². The van der Waals surface area contributed by atoms with Crippen molar-refractivity contribution in [2.45, 2.75) is 32.3 Å². The minimum Gasteiger partial charge on any atom is -0.396 e. The summed E-state index contributed by atoms with van der Waals surface area (Å²) in [6.45, 7) is 2.86. The molecule has 1 aliphatic heterocycles. The first-order valence-corrected chi connectivity index (χ1v) is 9.82. The van der Waals surface area contributed by atoms with Crippen LogP contribution in [0.1, 0.15) is 35.3 Å². The van der Waals surface area contributed by atoms with Gasteiger partial charge in [-0.1, -0.05) is 0 Å². The average molecular weight is 400 g/mol. The van der Waals surface area contributed by atoms with E-state index in [1.165, 1.54) is 0 Å². The first-order valence-electron chi connectivity index (χ1n) is 9.82. The van der Waals surface area contributed by atoms with Crippen molar-refractivity contribution in [3.05, 3.63) is 42.0 Å². The first kappa shape index (κ1) is 21.3. The standard InChI is InChI=1S/C21H28N4O4/c1-15-17(12-23-19(24-15)16-5-3-8-22-11-16)20(28)25-9-6-18(27)21(13-25,14-26)7-4-10-29-2/h3,5,8,11-12,18,26-27H,4,6-7,9-10,13-14H2,1-2H3/t18-,21+/m1/s1. The van der Waals surface area contributed by atoms with Gasteiger partial charge in [-0.25, -0.2) is 9.97 Å². The highest BCUT2D eigenvalue weighted by Gasteiger charge is 2.43. The SMILES string of the molecule is COCCC[C@@]1(CO)CN(C(=O)c2cnc(-c3cccnc3)nc2C)CC[C@H]1O. The summed E-state index contributed by atoms with van der Waals surface area (Å²) in [5.41, 5.74) is 1.06. The number of aliphatic hydroxyl groups is 2. The highest BCUT2D eigenvalue weighted by Crippen LogP contribution is 2.35. The predicted octanol–water partition coefficient (Wildman–Crippen LogP) is 1.46. The zero-order chi connectivity index (χ0) is 20.9. The molecule has 0 bridgehead atoms. The smallest absolute Gasteiger partial charge is 0.257 e. The lowest BCUT2D eigenvalue weighted by atomic mass is 9.74. The van der Waals surface area contributed by atoms with Crippen LogP contribution in [0.5, 0.6) is 0 Å². The molecule has 0 spiro atoms. The number of piperidine rings is 1. The molecule has 2 N–H and O–H groups in total. The van der Waals surface area contributed by atoms with E-state index in [4.69, 9.17) is 4.74 Å². The second kappa shape index (κ2) is 9.39. The maximum atomic E-state index is 13.2. The van der Waals surface area contributed by atoms with E-state index in [0.717, 1.165) is 5.56 Å². The number of rotatable bonds is 7. The summed E-state index contributed by atoms with van der Waals surface area (Å²) in [6, 6.07) is 3.68. The molecular weight excluding hydrogens is 372 g/mol. The number of amides is 1. The Morgan fingerprint density at radius 2 is 2.24 bits per heavy atom. The van der Waals surface area contributed by atoms with E-state index in [1.54, 1.807) is 37.5 Å². The lowest BCUT2D eigenvalue weighted by Crippen LogP contribution is -2.55. The molecule has 0 radical (unpaired) electrons. The number of aryl methyl sites for hydroxylation is 1. The van der Waals surface area contributed by atoms with Gasteiger partial charge in [-0.15, -0.1) is 0 Å². The summed E-state index contributed by atoms with van der Waals surface area (Å²) in [5, 5.41) is 20.6. The van der Waals surface area contributed by atoms with Crippen LogP contribution in [-0.2, 0) is 4.74 Å². The number of hydrogen-bond acceptors (Lipinski definition) is 7. The highest BCUT2D eigenvalue weighted by atomic mass is 16.5. The number of hydrogen-bond donors (Lipinski definition) is 2. The number of methoxy groups -OCH3 is 1. The van der Waals surface area contributed by atoms with Crippen molar-refractivity contribution < 1.29 is 19.7 Å². The van der Waals surface area contributed by atoms with Gasteiger partial charge in [0.25, 0.3) is 5.91 Å². The molecule has 8 heteroatoms. The Kier molecular flexibility index (Phi) is 6.89. The van der Waals surface area contributed by atoms with Gasteiger partial charge in [0, 0.05) is 56.4 Å². The zero-order valence-corrected chi connectivity index (χ0v) is 16.9. The lowest BCUT2D eigenvalue weighted by Gasteiger charge is -2.45. The van der Waals surface area contributed by atoms with Gasteiger partial charge >= 0.3 is 0 Å². The Morgan fingerprint density at radius 3 is 2.90 bits per heavy atom. The molecule has 0 aromatic carbocycles. The fourth-order valence-corrected chi connectivity index (χ4v) is 3.85. The number of likely N-dealkylation sites (tertiary alicyclic amines) is 1. The molecule has 1 amide bonds. The summed E-state index contributed by atoms with van der Waals surface area (Å²) in [4.78, 5) is 27.7. The Balaban J connectivity index is 1.79. The van der Waals surface area contributed by atoms with E-state index in [-0.39, 0.29) is 19.1 Å². The Morgan fingerprint density at radius 1 is 1.41 bits per heavy atom. The molecule has 2 atom stereocenters. The van der Waals surface area contributed by atoms with Crippen LogP contribution in [0, 0.1) is 12.3 Å². The number of carbonyl (C=O) groups excluding carboxylic acids is 1. The number of aliphatic hydroxyl groups excluding tert-OH is 2. The molecule has 1 fully saturated rings. The number of pyridine rings is 1. The maximum absolute atomic E-state index is 13.2. The topological polar surface area (TPSA) is 109 Å². The van der Waals surface area contributed by atoms with E-state index < -0.39 is 11.5 Å². The summed E-state index contributed by atoms with van der Waals surface area (Å²) in [5.74, 6) is 0.335. The van der Waals surface area contributed by atoms with Gasteiger partial charge in [-0.3, -0.25) is 9.78 Å². The number of ether oxygens (including phenoxy) is 1. The van der Waals surface area contributed by atoms with Crippen LogP contribution >= 0.6 is 0 Å². The van der Waals surface area contributed by atoms with Crippen molar-refractivity contribution in [2.75, 3.05) is 33.4 Å². The van der Waals surface area contributed by atoms with Gasteiger partial charge in [-0.05, 0) is 38.3 Å². The van der Waals surface area contributed by atoms with Crippen LogP contribution in [0.15, 0.2) is 30.7 Å². The molecule has 0 aliphatic carbocycles. The second-order valence-electron chi connectivity index (χ2n) is 7.58. The average Bonchev–Trinajstić information content (AvgIpc) is 2.75. The van der Waals surface area contributed by atoms with Crippen molar-refractivity contribution in [1.29, 1.82) is 0 Å². The fraction of sp³-hybridized carbons (Fsp3) is 0.524. The van der Waals surface area contributed by atoms with Gasteiger partial charge in [0.2, 0.25) is 0 Å². The van der Waals surface area contributed by atoms with Crippen LogP contribution in [0.2, 0.25) is 0 Å². The van der Waals surface area contributed by atoms with Crippen molar-refractivity contribution in [3.63, 3.8) is 0 Å². The minimum atomic E-state index is -0.739. The number of carbonyl (C=O) groups is 1. The van der Waals surface area contributed by atoms with E-state index in [2.05, 4.69) is 15.0 Å². The molecule has 156 valence electrons.